The van der Waals surface area contributed by atoms with Gasteiger partial charge in [0.05, 0.1) is 12.1 Å². The van der Waals surface area contributed by atoms with E-state index in [1.54, 1.807) is 13.0 Å². The Morgan fingerprint density at radius 2 is 2.12 bits per heavy atom. The highest BCUT2D eigenvalue weighted by Gasteiger charge is 2.61. The van der Waals surface area contributed by atoms with Crippen molar-refractivity contribution in [2.24, 2.45) is 0 Å². The summed E-state index contributed by atoms with van der Waals surface area (Å²) in [4.78, 5) is 26.5. The first-order valence-corrected chi connectivity index (χ1v) is 9.53. The van der Waals surface area contributed by atoms with Gasteiger partial charge < -0.3 is 15.3 Å². The first kappa shape index (κ1) is 17.2. The zero-order valence-corrected chi connectivity index (χ0v) is 16.0. The summed E-state index contributed by atoms with van der Waals surface area (Å²) < 4.78 is 15.2. The van der Waals surface area contributed by atoms with E-state index in [2.05, 4.69) is 27.9 Å². The molecule has 4 rings (SSSR count). The van der Waals surface area contributed by atoms with Gasteiger partial charge in [0.25, 0.3) is 5.91 Å². The highest BCUT2D eigenvalue weighted by molar-refractivity contribution is 14.1. The number of hydrogen-bond acceptors (Lipinski definition) is 3. The molecule has 0 bridgehead atoms. The van der Waals surface area contributed by atoms with Crippen LogP contribution in [0, 0.1) is 3.57 Å². The Morgan fingerprint density at radius 3 is 2.72 bits per heavy atom. The molecule has 3 aliphatic rings. The Bertz CT molecular complexity index is 761. The number of benzene rings is 1. The van der Waals surface area contributed by atoms with Crippen LogP contribution >= 0.6 is 22.6 Å². The fourth-order valence-electron chi connectivity index (χ4n) is 4.16. The van der Waals surface area contributed by atoms with E-state index in [9.17, 15) is 19.1 Å². The zero-order chi connectivity index (χ0) is 18.0. The Morgan fingerprint density at radius 1 is 1.44 bits per heavy atom. The third-order valence-electron chi connectivity index (χ3n) is 5.56. The van der Waals surface area contributed by atoms with E-state index in [1.807, 2.05) is 12.1 Å². The van der Waals surface area contributed by atoms with Gasteiger partial charge in [-0.15, -0.1) is 0 Å². The molecule has 2 atom stereocenters. The smallest absolute Gasteiger partial charge is 0.254 e. The fraction of sp³-hybridized carbons (Fsp3) is 0.556. The van der Waals surface area contributed by atoms with Crippen LogP contribution in [0.25, 0.3) is 0 Å². The maximum Gasteiger partial charge on any atom is 0.254 e. The molecule has 1 aliphatic heterocycles. The molecule has 1 spiro atoms. The van der Waals surface area contributed by atoms with Crippen molar-refractivity contribution >= 4 is 34.4 Å². The molecule has 7 heteroatoms. The Balaban J connectivity index is 1.49. The summed E-state index contributed by atoms with van der Waals surface area (Å²) in [7, 11) is 0. The van der Waals surface area contributed by atoms with Crippen LogP contribution in [0.2, 0.25) is 0 Å². The number of nitrogens with one attached hydrogen (secondary N) is 1. The lowest BCUT2D eigenvalue weighted by atomic mass is 9.77. The minimum absolute atomic E-state index is 0.0555. The van der Waals surface area contributed by atoms with Crippen LogP contribution in [0.4, 0.5) is 4.39 Å². The molecule has 134 valence electrons. The third kappa shape index (κ3) is 2.95. The van der Waals surface area contributed by atoms with Crippen molar-refractivity contribution in [2.45, 2.75) is 49.4 Å². The number of hydrogen-bond donors (Lipinski definition) is 2. The molecule has 2 saturated carbocycles. The largest absolute Gasteiger partial charge is 0.390 e. The van der Waals surface area contributed by atoms with Gasteiger partial charge in [-0.3, -0.25) is 9.59 Å². The molecule has 0 unspecified atom stereocenters. The molecular weight excluding hydrogens is 438 g/mol. The average molecular weight is 458 g/mol. The van der Waals surface area contributed by atoms with Crippen LogP contribution in [-0.2, 0) is 10.2 Å². The van der Waals surface area contributed by atoms with Gasteiger partial charge in [0.1, 0.15) is 6.17 Å². The molecule has 0 aromatic heterocycles. The number of carbonyl (C=O) groups excluding carboxylic acids is 2. The summed E-state index contributed by atoms with van der Waals surface area (Å²) in [6.45, 7) is 1.91. The topological polar surface area (TPSA) is 69.6 Å². The molecule has 5 nitrogen and oxygen atoms in total. The van der Waals surface area contributed by atoms with Gasteiger partial charge in [0, 0.05) is 27.1 Å². The summed E-state index contributed by atoms with van der Waals surface area (Å²) in [5, 5.41) is 12.6. The SMILES string of the molecule is CC1(O)CC(NC(=O)CN2C[C@@]3(C[C@@H]3F)c3cc(I)ccc3C2=O)C1. The van der Waals surface area contributed by atoms with Crippen molar-refractivity contribution in [2.75, 3.05) is 13.1 Å². The van der Waals surface area contributed by atoms with E-state index in [-0.39, 0.29) is 30.9 Å². The number of nitrogens with zero attached hydrogens (tertiary/aromatic N) is 1. The summed E-state index contributed by atoms with van der Waals surface area (Å²) in [5.41, 5.74) is -0.0749. The van der Waals surface area contributed by atoms with E-state index < -0.39 is 17.2 Å². The predicted octanol–water partition coefficient (Wildman–Crippen LogP) is 1.76. The van der Waals surface area contributed by atoms with Crippen LogP contribution in [-0.4, -0.2) is 52.7 Å². The molecule has 1 aromatic carbocycles. The van der Waals surface area contributed by atoms with Gasteiger partial charge >= 0.3 is 0 Å². The van der Waals surface area contributed by atoms with Crippen molar-refractivity contribution in [3.63, 3.8) is 0 Å². The molecule has 0 saturated heterocycles. The highest BCUT2D eigenvalue weighted by Crippen LogP contribution is 2.54. The number of alkyl halides is 1. The molecule has 25 heavy (non-hydrogen) atoms. The van der Waals surface area contributed by atoms with Crippen LogP contribution in [0.15, 0.2) is 18.2 Å². The molecule has 1 aromatic rings. The molecule has 1 heterocycles. The number of halogens is 2. The molecular formula is C18H20FIN2O3. The minimum atomic E-state index is -0.968. The van der Waals surface area contributed by atoms with Crippen LogP contribution < -0.4 is 5.32 Å². The third-order valence-corrected chi connectivity index (χ3v) is 6.23. The van der Waals surface area contributed by atoms with E-state index in [0.29, 0.717) is 24.8 Å². The van der Waals surface area contributed by atoms with Crippen molar-refractivity contribution in [3.8, 4) is 0 Å². The summed E-state index contributed by atoms with van der Waals surface area (Å²) in [5.74, 6) is -0.471. The lowest BCUT2D eigenvalue weighted by Crippen LogP contribution is -2.56. The quantitative estimate of drug-likeness (QED) is 0.679. The monoisotopic (exact) mass is 458 g/mol. The number of fused-ring (bicyclic) bond motifs is 2. The maximum absolute atomic E-state index is 14.2. The second-order valence-electron chi connectivity index (χ2n) is 7.85. The van der Waals surface area contributed by atoms with Crippen molar-refractivity contribution in [3.05, 3.63) is 32.9 Å². The second kappa shape index (κ2) is 5.64. The average Bonchev–Trinajstić information content (AvgIpc) is 3.13. The van der Waals surface area contributed by atoms with Crippen LogP contribution in [0.5, 0.6) is 0 Å². The van der Waals surface area contributed by atoms with Gasteiger partial charge in [0.15, 0.2) is 0 Å². The van der Waals surface area contributed by atoms with Gasteiger partial charge in [-0.2, -0.15) is 0 Å². The summed E-state index contributed by atoms with van der Waals surface area (Å²) in [6, 6.07) is 5.40. The number of aliphatic hydroxyl groups is 1. The van der Waals surface area contributed by atoms with E-state index in [0.717, 1.165) is 9.13 Å². The molecule has 2 amide bonds. The number of rotatable bonds is 3. The lowest BCUT2D eigenvalue weighted by Gasteiger charge is -2.41. The summed E-state index contributed by atoms with van der Waals surface area (Å²) in [6.07, 6.45) is 0.469. The van der Waals surface area contributed by atoms with E-state index in [4.69, 9.17) is 0 Å². The maximum atomic E-state index is 14.2. The first-order valence-electron chi connectivity index (χ1n) is 8.45. The molecule has 0 radical (unpaired) electrons. The van der Waals surface area contributed by atoms with Crippen LogP contribution in [0.3, 0.4) is 0 Å². The Labute approximate surface area is 159 Å². The second-order valence-corrected chi connectivity index (χ2v) is 9.09. The molecule has 2 fully saturated rings. The van der Waals surface area contributed by atoms with Gasteiger partial charge in [0.2, 0.25) is 5.91 Å². The Kier molecular flexibility index (Phi) is 3.88. The van der Waals surface area contributed by atoms with Gasteiger partial charge in [-0.1, -0.05) is 0 Å². The number of amides is 2. The minimum Gasteiger partial charge on any atom is -0.390 e. The first-order chi connectivity index (χ1) is 11.7. The van der Waals surface area contributed by atoms with Gasteiger partial charge in [-0.25, -0.2) is 4.39 Å². The van der Waals surface area contributed by atoms with Crippen molar-refractivity contribution in [1.29, 1.82) is 0 Å². The van der Waals surface area contributed by atoms with Gasteiger partial charge in [-0.05, 0) is 72.5 Å². The fourth-order valence-corrected chi connectivity index (χ4v) is 4.66. The standard InChI is InChI=1S/C18H20FIN2O3/c1-17(25)5-11(6-17)21-15(23)8-22-9-18(7-14(18)19)13-4-10(20)2-3-12(13)16(22)24/h2-4,11,14,25H,5-9H2,1H3,(H,21,23)/t11?,14-,17?,18-/m0/s1. The van der Waals surface area contributed by atoms with Crippen molar-refractivity contribution < 1.29 is 19.1 Å². The van der Waals surface area contributed by atoms with E-state index in [1.165, 1.54) is 4.90 Å². The number of carbonyl (C=O) groups is 2. The lowest BCUT2D eigenvalue weighted by molar-refractivity contribution is -0.125. The van der Waals surface area contributed by atoms with Crippen LogP contribution in [0.1, 0.15) is 42.1 Å². The summed E-state index contributed by atoms with van der Waals surface area (Å²) >= 11 is 2.16. The van der Waals surface area contributed by atoms with Crippen molar-refractivity contribution in [1.82, 2.24) is 10.2 Å². The predicted molar refractivity (Wildman–Crippen MR) is 98.0 cm³/mol. The molecule has 2 N–H and O–H groups in total. The molecule has 2 aliphatic carbocycles. The normalized spacial score (nSPS) is 36.0. The van der Waals surface area contributed by atoms with E-state index >= 15 is 0 Å². The highest BCUT2D eigenvalue weighted by atomic mass is 127. The Hall–Kier alpha value is -1.22. The zero-order valence-electron chi connectivity index (χ0n) is 13.9.